The van der Waals surface area contributed by atoms with Gasteiger partial charge in [-0.1, -0.05) is 13.8 Å². The standard InChI is InChI=1S/C7H8N2O2.C2H6/c1-4-3-6(7(10)11)9-5(2)8-4;1-2/h3H,1-2H3,(H,10,11);1-2H3. The Morgan fingerprint density at radius 3 is 2.23 bits per heavy atom. The number of hydrogen-bond acceptors (Lipinski definition) is 3. The SMILES string of the molecule is CC.Cc1cc(C(=O)O)nc(C)n1. The van der Waals surface area contributed by atoms with Gasteiger partial charge in [-0.2, -0.15) is 0 Å². The molecule has 0 spiro atoms. The van der Waals surface area contributed by atoms with E-state index in [0.717, 1.165) is 0 Å². The first-order chi connectivity index (χ1) is 6.09. The maximum atomic E-state index is 10.4. The number of aromatic carboxylic acids is 1. The summed E-state index contributed by atoms with van der Waals surface area (Å²) in [6.07, 6.45) is 0. The van der Waals surface area contributed by atoms with Gasteiger partial charge >= 0.3 is 5.97 Å². The molecule has 1 aromatic rings. The average molecular weight is 182 g/mol. The van der Waals surface area contributed by atoms with Crippen LogP contribution in [-0.2, 0) is 0 Å². The van der Waals surface area contributed by atoms with Crippen LogP contribution in [0.4, 0.5) is 0 Å². The smallest absolute Gasteiger partial charge is 0.354 e. The van der Waals surface area contributed by atoms with Gasteiger partial charge in [-0.3, -0.25) is 0 Å². The molecule has 0 amide bonds. The van der Waals surface area contributed by atoms with E-state index < -0.39 is 5.97 Å². The molecule has 0 aliphatic heterocycles. The number of rotatable bonds is 1. The highest BCUT2D eigenvalue weighted by Crippen LogP contribution is 1.98. The van der Waals surface area contributed by atoms with Gasteiger partial charge in [0.05, 0.1) is 0 Å². The largest absolute Gasteiger partial charge is 0.477 e. The van der Waals surface area contributed by atoms with Crippen LogP contribution >= 0.6 is 0 Å². The Bertz CT molecular complexity index is 277. The third-order valence-corrected chi connectivity index (χ3v) is 1.19. The van der Waals surface area contributed by atoms with Crippen LogP contribution in [0.5, 0.6) is 0 Å². The van der Waals surface area contributed by atoms with Crippen LogP contribution in [0, 0.1) is 13.8 Å². The molecule has 1 aromatic heterocycles. The van der Waals surface area contributed by atoms with Gasteiger partial charge < -0.3 is 5.11 Å². The first-order valence-electron chi connectivity index (χ1n) is 4.15. The highest BCUT2D eigenvalue weighted by molar-refractivity contribution is 5.85. The summed E-state index contributed by atoms with van der Waals surface area (Å²) in [4.78, 5) is 18.1. The summed E-state index contributed by atoms with van der Waals surface area (Å²) >= 11 is 0. The third-order valence-electron chi connectivity index (χ3n) is 1.19. The van der Waals surface area contributed by atoms with Crippen molar-refractivity contribution in [1.29, 1.82) is 0 Å². The summed E-state index contributed by atoms with van der Waals surface area (Å²) in [6.45, 7) is 7.40. The fraction of sp³-hybridized carbons (Fsp3) is 0.444. The van der Waals surface area contributed by atoms with Crippen molar-refractivity contribution in [2.45, 2.75) is 27.7 Å². The minimum Gasteiger partial charge on any atom is -0.477 e. The van der Waals surface area contributed by atoms with Crippen molar-refractivity contribution >= 4 is 5.97 Å². The molecule has 0 bridgehead atoms. The van der Waals surface area contributed by atoms with Crippen molar-refractivity contribution in [2.75, 3.05) is 0 Å². The molecule has 1 N–H and O–H groups in total. The van der Waals surface area contributed by atoms with Crippen LogP contribution in [-0.4, -0.2) is 21.0 Å². The van der Waals surface area contributed by atoms with Crippen LogP contribution in [0.3, 0.4) is 0 Å². The summed E-state index contributed by atoms with van der Waals surface area (Å²) in [5.41, 5.74) is 0.727. The Balaban J connectivity index is 0.000000671. The molecular weight excluding hydrogens is 168 g/mol. The maximum absolute atomic E-state index is 10.4. The van der Waals surface area contributed by atoms with Crippen LogP contribution in [0.1, 0.15) is 35.9 Å². The molecule has 0 saturated heterocycles. The Morgan fingerprint density at radius 1 is 1.31 bits per heavy atom. The summed E-state index contributed by atoms with van der Waals surface area (Å²) in [6, 6.07) is 1.44. The van der Waals surface area contributed by atoms with Crippen LogP contribution in [0.15, 0.2) is 6.07 Å². The maximum Gasteiger partial charge on any atom is 0.354 e. The third kappa shape index (κ3) is 3.64. The average Bonchev–Trinajstić information content (AvgIpc) is 2.06. The van der Waals surface area contributed by atoms with Gasteiger partial charge in [-0.05, 0) is 19.9 Å². The number of carboxylic acid groups (broad SMARTS) is 1. The lowest BCUT2D eigenvalue weighted by Crippen LogP contribution is -2.03. The highest BCUT2D eigenvalue weighted by atomic mass is 16.4. The molecule has 4 nitrogen and oxygen atoms in total. The first kappa shape index (κ1) is 11.6. The Kier molecular flexibility index (Phi) is 4.66. The molecule has 4 heteroatoms. The van der Waals surface area contributed by atoms with Crippen molar-refractivity contribution in [3.8, 4) is 0 Å². The molecule has 0 aliphatic carbocycles. The van der Waals surface area contributed by atoms with Gasteiger partial charge in [0, 0.05) is 5.69 Å². The zero-order valence-electron chi connectivity index (χ0n) is 8.33. The van der Waals surface area contributed by atoms with Crippen molar-refractivity contribution in [1.82, 2.24) is 9.97 Å². The van der Waals surface area contributed by atoms with Crippen molar-refractivity contribution < 1.29 is 9.90 Å². The van der Waals surface area contributed by atoms with E-state index in [0.29, 0.717) is 11.5 Å². The lowest BCUT2D eigenvalue weighted by atomic mass is 10.3. The van der Waals surface area contributed by atoms with Gasteiger partial charge in [0.1, 0.15) is 5.82 Å². The Hall–Kier alpha value is -1.45. The topological polar surface area (TPSA) is 63.1 Å². The molecule has 13 heavy (non-hydrogen) atoms. The predicted octanol–water partition coefficient (Wildman–Crippen LogP) is 1.82. The van der Waals surface area contributed by atoms with Gasteiger partial charge in [-0.15, -0.1) is 0 Å². The number of aryl methyl sites for hydroxylation is 2. The molecule has 1 heterocycles. The van der Waals surface area contributed by atoms with E-state index >= 15 is 0 Å². The molecule has 1 rings (SSSR count). The summed E-state index contributed by atoms with van der Waals surface area (Å²) in [7, 11) is 0. The molecule has 0 atom stereocenters. The second-order valence-electron chi connectivity index (χ2n) is 2.25. The zero-order chi connectivity index (χ0) is 10.4. The fourth-order valence-electron chi connectivity index (χ4n) is 0.827. The zero-order valence-corrected chi connectivity index (χ0v) is 8.33. The Labute approximate surface area is 77.7 Å². The Morgan fingerprint density at radius 2 is 1.85 bits per heavy atom. The van der Waals surface area contributed by atoms with E-state index in [9.17, 15) is 4.79 Å². The summed E-state index contributed by atoms with van der Waals surface area (Å²) in [5, 5.41) is 8.54. The number of aromatic nitrogens is 2. The van der Waals surface area contributed by atoms with Crippen LogP contribution in [0.25, 0.3) is 0 Å². The molecule has 0 fully saturated rings. The fourth-order valence-corrected chi connectivity index (χ4v) is 0.827. The van der Waals surface area contributed by atoms with Crippen LogP contribution < -0.4 is 0 Å². The van der Waals surface area contributed by atoms with Crippen molar-refractivity contribution in [2.24, 2.45) is 0 Å². The van der Waals surface area contributed by atoms with E-state index in [-0.39, 0.29) is 5.69 Å². The highest BCUT2D eigenvalue weighted by Gasteiger charge is 2.05. The number of hydrogen-bond donors (Lipinski definition) is 1. The monoisotopic (exact) mass is 182 g/mol. The number of carbonyl (C=O) groups is 1. The van der Waals surface area contributed by atoms with Gasteiger partial charge in [0.25, 0.3) is 0 Å². The predicted molar refractivity (Wildman–Crippen MR) is 49.8 cm³/mol. The molecule has 0 aliphatic rings. The number of carboxylic acids is 1. The van der Waals surface area contributed by atoms with Crippen molar-refractivity contribution in [3.05, 3.63) is 23.3 Å². The summed E-state index contributed by atoms with van der Waals surface area (Å²) < 4.78 is 0. The number of nitrogens with zero attached hydrogens (tertiary/aromatic N) is 2. The van der Waals surface area contributed by atoms with Gasteiger partial charge in [0.2, 0.25) is 0 Å². The van der Waals surface area contributed by atoms with Gasteiger partial charge in [0.15, 0.2) is 5.69 Å². The second kappa shape index (κ2) is 5.24. The second-order valence-corrected chi connectivity index (χ2v) is 2.25. The van der Waals surface area contributed by atoms with Crippen LogP contribution in [0.2, 0.25) is 0 Å². The van der Waals surface area contributed by atoms with Gasteiger partial charge in [-0.25, -0.2) is 14.8 Å². The molecule has 0 radical (unpaired) electrons. The molecule has 0 aromatic carbocycles. The van der Waals surface area contributed by atoms with Crippen molar-refractivity contribution in [3.63, 3.8) is 0 Å². The molecule has 72 valence electrons. The minimum atomic E-state index is -1.02. The minimum absolute atomic E-state index is 0.0509. The van der Waals surface area contributed by atoms with E-state index in [2.05, 4.69) is 9.97 Å². The quantitative estimate of drug-likeness (QED) is 0.719. The van der Waals surface area contributed by atoms with E-state index in [1.807, 2.05) is 13.8 Å². The normalized spacial score (nSPS) is 8.62. The van der Waals surface area contributed by atoms with E-state index in [1.54, 1.807) is 13.8 Å². The van der Waals surface area contributed by atoms with E-state index in [4.69, 9.17) is 5.11 Å². The molecule has 0 unspecified atom stereocenters. The summed E-state index contributed by atoms with van der Waals surface area (Å²) in [5.74, 6) is -0.527. The first-order valence-corrected chi connectivity index (χ1v) is 4.15. The van der Waals surface area contributed by atoms with E-state index in [1.165, 1.54) is 6.07 Å². The molecular formula is C9H14N2O2. The lowest BCUT2D eigenvalue weighted by Gasteiger charge is -1.96. The lowest BCUT2D eigenvalue weighted by molar-refractivity contribution is 0.0690. The molecule has 0 saturated carbocycles.